The van der Waals surface area contributed by atoms with Crippen LogP contribution in [0, 0.1) is 6.92 Å². The summed E-state index contributed by atoms with van der Waals surface area (Å²) in [4.78, 5) is 22.2. The number of methoxy groups -OCH3 is 1. The Bertz CT molecular complexity index is 1260. The highest BCUT2D eigenvalue weighted by molar-refractivity contribution is 6.10. The van der Waals surface area contributed by atoms with Gasteiger partial charge in [0, 0.05) is 13.7 Å². The molecular weight excluding hydrogens is 380 g/mol. The van der Waals surface area contributed by atoms with Crippen molar-refractivity contribution >= 4 is 40.1 Å². The van der Waals surface area contributed by atoms with Gasteiger partial charge in [0.25, 0.3) is 5.91 Å². The Morgan fingerprint density at radius 1 is 1.20 bits per heavy atom. The van der Waals surface area contributed by atoms with Gasteiger partial charge in [-0.3, -0.25) is 4.79 Å². The molecule has 2 heterocycles. The minimum atomic E-state index is -0.344. The van der Waals surface area contributed by atoms with Crippen molar-refractivity contribution in [3.8, 4) is 0 Å². The summed E-state index contributed by atoms with van der Waals surface area (Å²) in [6.45, 7) is 2.76. The smallest absolute Gasteiger partial charge is 0.257 e. The molecule has 0 aliphatic heterocycles. The lowest BCUT2D eigenvalue weighted by Gasteiger charge is -2.04. The van der Waals surface area contributed by atoms with E-state index in [1.54, 1.807) is 13.3 Å². The SMILES string of the molecule is COCCNC(=O)c1c(N)n(/N=C/c2cccc(C)c2)c2nc3ccccc3nc12. The Morgan fingerprint density at radius 3 is 2.70 bits per heavy atom. The molecule has 4 rings (SSSR count). The molecular formula is C22H22N6O2. The molecule has 0 aliphatic carbocycles. The Labute approximate surface area is 173 Å². The predicted molar refractivity (Wildman–Crippen MR) is 118 cm³/mol. The summed E-state index contributed by atoms with van der Waals surface area (Å²) in [6, 6.07) is 15.4. The van der Waals surface area contributed by atoms with Gasteiger partial charge in [-0.2, -0.15) is 9.78 Å². The normalized spacial score (nSPS) is 11.5. The van der Waals surface area contributed by atoms with Gasteiger partial charge >= 0.3 is 0 Å². The second kappa shape index (κ2) is 8.30. The summed E-state index contributed by atoms with van der Waals surface area (Å²) in [5.74, 6) is -0.164. The fourth-order valence-electron chi connectivity index (χ4n) is 3.22. The van der Waals surface area contributed by atoms with Gasteiger partial charge in [-0.25, -0.2) is 9.97 Å². The molecule has 2 aromatic carbocycles. The van der Waals surface area contributed by atoms with Crippen molar-refractivity contribution in [3.05, 3.63) is 65.2 Å². The third-order valence-corrected chi connectivity index (χ3v) is 4.66. The van der Waals surface area contributed by atoms with Gasteiger partial charge in [0.1, 0.15) is 16.9 Å². The lowest BCUT2D eigenvalue weighted by Crippen LogP contribution is -2.27. The van der Waals surface area contributed by atoms with E-state index in [2.05, 4.69) is 20.4 Å². The fraction of sp³-hybridized carbons (Fsp3) is 0.182. The first-order valence-corrected chi connectivity index (χ1v) is 9.53. The maximum Gasteiger partial charge on any atom is 0.257 e. The third-order valence-electron chi connectivity index (χ3n) is 4.66. The minimum absolute atomic E-state index is 0.180. The Balaban J connectivity index is 1.86. The van der Waals surface area contributed by atoms with Gasteiger partial charge in [0.15, 0.2) is 5.65 Å². The van der Waals surface area contributed by atoms with Gasteiger partial charge in [-0.05, 0) is 24.6 Å². The van der Waals surface area contributed by atoms with Gasteiger partial charge in [-0.15, -0.1) is 0 Å². The molecule has 2 aromatic heterocycles. The number of nitrogens with zero attached hydrogens (tertiary/aromatic N) is 4. The van der Waals surface area contributed by atoms with Crippen LogP contribution in [0.15, 0.2) is 53.6 Å². The van der Waals surface area contributed by atoms with Gasteiger partial charge < -0.3 is 15.8 Å². The molecule has 0 saturated heterocycles. The topological polar surface area (TPSA) is 107 Å². The number of ether oxygens (including phenoxy) is 1. The number of anilines is 1. The molecule has 30 heavy (non-hydrogen) atoms. The number of nitrogen functional groups attached to an aromatic ring is 1. The average Bonchev–Trinajstić information content (AvgIpc) is 3.01. The summed E-state index contributed by atoms with van der Waals surface area (Å²) >= 11 is 0. The van der Waals surface area contributed by atoms with Crippen molar-refractivity contribution in [3.63, 3.8) is 0 Å². The largest absolute Gasteiger partial charge is 0.383 e. The van der Waals surface area contributed by atoms with Crippen LogP contribution in [0.5, 0.6) is 0 Å². The standard InChI is InChI=1S/C22H22N6O2/c1-14-6-5-7-15(12-14)13-25-28-20(23)18(22(29)24-10-11-30-2)19-21(28)27-17-9-4-3-8-16(17)26-19/h3-9,12-13H,10-11,23H2,1-2H3,(H,24,29)/b25-13+. The van der Waals surface area contributed by atoms with Crippen LogP contribution in [0.25, 0.3) is 22.2 Å². The van der Waals surface area contributed by atoms with E-state index in [1.165, 1.54) is 4.68 Å². The number of nitrogens with one attached hydrogen (secondary N) is 1. The van der Waals surface area contributed by atoms with E-state index in [1.807, 2.05) is 55.5 Å². The van der Waals surface area contributed by atoms with E-state index in [0.29, 0.717) is 35.3 Å². The molecule has 0 atom stereocenters. The Morgan fingerprint density at radius 2 is 1.97 bits per heavy atom. The van der Waals surface area contributed by atoms with Crippen molar-refractivity contribution in [2.75, 3.05) is 26.0 Å². The van der Waals surface area contributed by atoms with Gasteiger partial charge in [0.05, 0.1) is 23.9 Å². The number of aromatic nitrogens is 3. The zero-order valence-corrected chi connectivity index (χ0v) is 16.8. The number of rotatable bonds is 6. The average molecular weight is 402 g/mol. The predicted octanol–water partition coefficient (Wildman–Crippen LogP) is 2.73. The first-order valence-electron chi connectivity index (χ1n) is 9.53. The molecule has 0 saturated carbocycles. The number of amides is 1. The van der Waals surface area contributed by atoms with Crippen molar-refractivity contribution in [2.45, 2.75) is 6.92 Å². The fourth-order valence-corrected chi connectivity index (χ4v) is 3.22. The highest BCUT2D eigenvalue weighted by Crippen LogP contribution is 2.27. The van der Waals surface area contributed by atoms with E-state index >= 15 is 0 Å². The number of benzene rings is 2. The zero-order chi connectivity index (χ0) is 21.1. The van der Waals surface area contributed by atoms with Crippen LogP contribution >= 0.6 is 0 Å². The van der Waals surface area contributed by atoms with Crippen molar-refractivity contribution in [1.82, 2.24) is 20.0 Å². The van der Waals surface area contributed by atoms with Crippen molar-refractivity contribution in [2.24, 2.45) is 5.10 Å². The van der Waals surface area contributed by atoms with Crippen LogP contribution in [-0.2, 0) is 4.74 Å². The number of aryl methyl sites for hydroxylation is 1. The molecule has 0 aliphatic rings. The van der Waals surface area contributed by atoms with Crippen LogP contribution < -0.4 is 11.1 Å². The van der Waals surface area contributed by atoms with Gasteiger partial charge in [-0.1, -0.05) is 42.0 Å². The number of fused-ring (bicyclic) bond motifs is 2. The molecule has 0 bridgehead atoms. The van der Waals surface area contributed by atoms with E-state index in [4.69, 9.17) is 10.5 Å². The summed E-state index contributed by atoms with van der Waals surface area (Å²) in [7, 11) is 1.57. The molecule has 8 heteroatoms. The summed E-state index contributed by atoms with van der Waals surface area (Å²) in [5.41, 5.74) is 10.8. The monoisotopic (exact) mass is 402 g/mol. The van der Waals surface area contributed by atoms with E-state index in [0.717, 1.165) is 11.1 Å². The quantitative estimate of drug-likeness (QED) is 0.381. The second-order valence-corrected chi connectivity index (χ2v) is 6.86. The first-order chi connectivity index (χ1) is 14.6. The molecule has 0 spiro atoms. The molecule has 4 aromatic rings. The number of hydrogen-bond donors (Lipinski definition) is 2. The molecule has 0 radical (unpaired) electrons. The van der Waals surface area contributed by atoms with Gasteiger partial charge in [0.2, 0.25) is 0 Å². The lowest BCUT2D eigenvalue weighted by atomic mass is 10.2. The van der Waals surface area contributed by atoms with E-state index < -0.39 is 0 Å². The van der Waals surface area contributed by atoms with E-state index in [-0.39, 0.29) is 17.3 Å². The molecule has 152 valence electrons. The molecule has 8 nitrogen and oxygen atoms in total. The minimum Gasteiger partial charge on any atom is -0.383 e. The van der Waals surface area contributed by atoms with Crippen LogP contribution in [-0.4, -0.2) is 47.0 Å². The second-order valence-electron chi connectivity index (χ2n) is 6.86. The highest BCUT2D eigenvalue weighted by Gasteiger charge is 2.23. The van der Waals surface area contributed by atoms with E-state index in [9.17, 15) is 4.79 Å². The number of para-hydroxylation sites is 2. The number of carbonyl (C=O) groups is 1. The number of nitrogens with two attached hydrogens (primary N) is 1. The number of hydrogen-bond acceptors (Lipinski definition) is 6. The molecule has 3 N–H and O–H groups in total. The third kappa shape index (κ3) is 3.72. The maximum absolute atomic E-state index is 12.8. The van der Waals surface area contributed by atoms with Crippen LogP contribution in [0.1, 0.15) is 21.5 Å². The van der Waals surface area contributed by atoms with Crippen LogP contribution in [0.3, 0.4) is 0 Å². The summed E-state index contributed by atoms with van der Waals surface area (Å²) < 4.78 is 6.46. The van der Waals surface area contributed by atoms with Crippen molar-refractivity contribution < 1.29 is 9.53 Å². The summed E-state index contributed by atoms with van der Waals surface area (Å²) in [5, 5.41) is 7.31. The lowest BCUT2D eigenvalue weighted by molar-refractivity contribution is 0.0939. The Hall–Kier alpha value is -3.78. The van der Waals surface area contributed by atoms with Crippen LogP contribution in [0.2, 0.25) is 0 Å². The summed E-state index contributed by atoms with van der Waals surface area (Å²) in [6.07, 6.45) is 1.69. The van der Waals surface area contributed by atoms with Crippen molar-refractivity contribution in [1.29, 1.82) is 0 Å². The first kappa shape index (κ1) is 19.5. The van der Waals surface area contributed by atoms with Crippen LogP contribution in [0.4, 0.5) is 5.82 Å². The molecule has 1 amide bonds. The molecule has 0 fully saturated rings. The molecule has 0 unspecified atom stereocenters. The zero-order valence-electron chi connectivity index (χ0n) is 16.8. The number of carbonyl (C=O) groups excluding carboxylic acids is 1. The maximum atomic E-state index is 12.8. The highest BCUT2D eigenvalue weighted by atomic mass is 16.5. The Kier molecular flexibility index (Phi) is 5.40.